The first kappa shape index (κ1) is 21.0. The number of anilines is 1. The van der Waals surface area contributed by atoms with Crippen LogP contribution in [-0.2, 0) is 14.3 Å². The summed E-state index contributed by atoms with van der Waals surface area (Å²) in [5.74, 6) is -1.60. The summed E-state index contributed by atoms with van der Waals surface area (Å²) in [6.07, 6.45) is -0.945. The fourth-order valence-electron chi connectivity index (χ4n) is 3.21. The van der Waals surface area contributed by atoms with Crippen LogP contribution >= 0.6 is 0 Å². The lowest BCUT2D eigenvalue weighted by molar-refractivity contribution is -0.147. The van der Waals surface area contributed by atoms with Crippen molar-refractivity contribution in [2.45, 2.75) is 25.9 Å². The van der Waals surface area contributed by atoms with Crippen LogP contribution in [0.3, 0.4) is 0 Å². The lowest BCUT2D eigenvalue weighted by Gasteiger charge is -2.20. The van der Waals surface area contributed by atoms with Gasteiger partial charge in [-0.05, 0) is 42.3 Å². The molecule has 152 valence electrons. The normalized spacial score (nSPS) is 11.6. The number of ketones is 1. The highest BCUT2D eigenvalue weighted by Gasteiger charge is 2.28. The van der Waals surface area contributed by atoms with Crippen LogP contribution in [0.5, 0.6) is 0 Å². The van der Waals surface area contributed by atoms with E-state index in [4.69, 9.17) is 4.74 Å². The van der Waals surface area contributed by atoms with Gasteiger partial charge >= 0.3 is 5.97 Å². The second kappa shape index (κ2) is 9.65. The minimum atomic E-state index is -0.945. The molecule has 0 saturated heterocycles. The molecular formula is C25H23NO4. The first-order valence-corrected chi connectivity index (χ1v) is 9.68. The summed E-state index contributed by atoms with van der Waals surface area (Å²) in [7, 11) is 0. The van der Waals surface area contributed by atoms with Gasteiger partial charge in [0, 0.05) is 18.2 Å². The maximum Gasteiger partial charge on any atom is 0.318 e. The van der Waals surface area contributed by atoms with Crippen molar-refractivity contribution in [3.63, 3.8) is 0 Å². The molecule has 0 spiro atoms. The zero-order valence-corrected chi connectivity index (χ0v) is 16.9. The van der Waals surface area contributed by atoms with Gasteiger partial charge < -0.3 is 10.1 Å². The number of esters is 1. The van der Waals surface area contributed by atoms with E-state index in [1.165, 1.54) is 6.92 Å². The van der Waals surface area contributed by atoms with Crippen LogP contribution in [0.25, 0.3) is 0 Å². The number of hydrogen-bond donors (Lipinski definition) is 1. The minimum Gasteiger partial charge on any atom is -0.454 e. The van der Waals surface area contributed by atoms with Gasteiger partial charge in [-0.2, -0.15) is 0 Å². The van der Waals surface area contributed by atoms with E-state index in [1.807, 2.05) is 60.7 Å². The number of carbonyl (C=O) groups is 3. The summed E-state index contributed by atoms with van der Waals surface area (Å²) in [5, 5.41) is 2.65. The van der Waals surface area contributed by atoms with Gasteiger partial charge in [-0.15, -0.1) is 0 Å². The highest BCUT2D eigenvalue weighted by Crippen LogP contribution is 2.27. The molecule has 3 rings (SSSR count). The quantitative estimate of drug-likeness (QED) is 0.464. The van der Waals surface area contributed by atoms with E-state index in [9.17, 15) is 14.4 Å². The highest BCUT2D eigenvalue weighted by molar-refractivity contribution is 6.01. The maximum absolute atomic E-state index is 13.0. The first-order chi connectivity index (χ1) is 14.5. The molecule has 5 heteroatoms. The Kier molecular flexibility index (Phi) is 6.75. The molecule has 1 amide bonds. The fraction of sp³-hybridized carbons (Fsp3) is 0.160. The standard InChI is InChI=1S/C25H23NO4/c1-17(24(28)21-13-15-22(16-14-21)26-18(2)27)30-25(29)23(19-9-5-3-6-10-19)20-11-7-4-8-12-20/h3-17,23H,1-2H3,(H,26,27)/t17-/m1/s1. The van der Waals surface area contributed by atoms with Crippen LogP contribution in [0.15, 0.2) is 84.9 Å². The zero-order chi connectivity index (χ0) is 21.5. The Balaban J connectivity index is 1.76. The van der Waals surface area contributed by atoms with E-state index in [1.54, 1.807) is 31.2 Å². The van der Waals surface area contributed by atoms with Crippen LogP contribution in [0.1, 0.15) is 41.3 Å². The van der Waals surface area contributed by atoms with Crippen LogP contribution in [0.4, 0.5) is 5.69 Å². The molecule has 5 nitrogen and oxygen atoms in total. The van der Waals surface area contributed by atoms with Crippen molar-refractivity contribution in [3.05, 3.63) is 102 Å². The van der Waals surface area contributed by atoms with Crippen molar-refractivity contribution >= 4 is 23.3 Å². The van der Waals surface area contributed by atoms with Crippen LogP contribution < -0.4 is 5.32 Å². The number of hydrogen-bond acceptors (Lipinski definition) is 4. The number of rotatable bonds is 7. The Morgan fingerprint density at radius 3 is 1.73 bits per heavy atom. The van der Waals surface area contributed by atoms with Gasteiger partial charge in [0.25, 0.3) is 0 Å². The topological polar surface area (TPSA) is 72.5 Å². The maximum atomic E-state index is 13.0. The van der Waals surface area contributed by atoms with Gasteiger partial charge in [-0.1, -0.05) is 60.7 Å². The molecule has 0 aliphatic carbocycles. The van der Waals surface area contributed by atoms with Crippen LogP contribution in [0, 0.1) is 0 Å². The lowest BCUT2D eigenvalue weighted by Crippen LogP contribution is -2.28. The molecule has 1 N–H and O–H groups in total. The summed E-state index contributed by atoms with van der Waals surface area (Å²) in [6.45, 7) is 2.98. The smallest absolute Gasteiger partial charge is 0.318 e. The molecule has 0 radical (unpaired) electrons. The van der Waals surface area contributed by atoms with E-state index in [2.05, 4.69) is 5.32 Å². The molecule has 3 aromatic rings. The monoisotopic (exact) mass is 401 g/mol. The van der Waals surface area contributed by atoms with E-state index in [0.717, 1.165) is 11.1 Å². The van der Waals surface area contributed by atoms with Crippen LogP contribution in [-0.4, -0.2) is 23.8 Å². The summed E-state index contributed by atoms with van der Waals surface area (Å²) >= 11 is 0. The van der Waals surface area contributed by atoms with Crippen molar-refractivity contribution in [3.8, 4) is 0 Å². The SMILES string of the molecule is CC(=O)Nc1ccc(C(=O)[C@@H](C)OC(=O)C(c2ccccc2)c2ccccc2)cc1. The Morgan fingerprint density at radius 1 is 0.767 bits per heavy atom. The Hall–Kier alpha value is -3.73. The van der Waals surface area contributed by atoms with Gasteiger partial charge in [0.2, 0.25) is 11.7 Å². The van der Waals surface area contributed by atoms with E-state index in [-0.39, 0.29) is 11.7 Å². The minimum absolute atomic E-state index is 0.191. The molecule has 1 atom stereocenters. The zero-order valence-electron chi connectivity index (χ0n) is 16.9. The third kappa shape index (κ3) is 5.20. The molecular weight excluding hydrogens is 378 g/mol. The largest absolute Gasteiger partial charge is 0.454 e. The molecule has 0 fully saturated rings. The van der Waals surface area contributed by atoms with Gasteiger partial charge in [-0.25, -0.2) is 0 Å². The first-order valence-electron chi connectivity index (χ1n) is 9.68. The molecule has 0 aromatic heterocycles. The second-order valence-electron chi connectivity index (χ2n) is 6.96. The van der Waals surface area contributed by atoms with Crippen molar-refractivity contribution in [2.24, 2.45) is 0 Å². The number of carbonyl (C=O) groups excluding carboxylic acids is 3. The van der Waals surface area contributed by atoms with Gasteiger partial charge in [0.15, 0.2) is 6.10 Å². The second-order valence-corrected chi connectivity index (χ2v) is 6.96. The van der Waals surface area contributed by atoms with Gasteiger partial charge in [0.05, 0.1) is 0 Å². The molecule has 0 aliphatic rings. The molecule has 0 aliphatic heterocycles. The average molecular weight is 401 g/mol. The Morgan fingerprint density at radius 2 is 1.27 bits per heavy atom. The summed E-state index contributed by atoms with van der Waals surface area (Å²) in [6, 6.07) is 25.2. The number of amides is 1. The number of ether oxygens (including phenoxy) is 1. The fourth-order valence-corrected chi connectivity index (χ4v) is 3.21. The number of nitrogens with one attached hydrogen (secondary N) is 1. The predicted molar refractivity (Wildman–Crippen MR) is 115 cm³/mol. The third-order valence-corrected chi connectivity index (χ3v) is 4.65. The van der Waals surface area contributed by atoms with Crippen molar-refractivity contribution in [1.82, 2.24) is 0 Å². The summed E-state index contributed by atoms with van der Waals surface area (Å²) in [5.41, 5.74) is 2.60. The van der Waals surface area contributed by atoms with E-state index in [0.29, 0.717) is 11.3 Å². The molecule has 3 aromatic carbocycles. The number of benzene rings is 3. The summed E-state index contributed by atoms with van der Waals surface area (Å²) in [4.78, 5) is 36.9. The van der Waals surface area contributed by atoms with Gasteiger partial charge in [-0.3, -0.25) is 14.4 Å². The average Bonchev–Trinajstić information content (AvgIpc) is 2.75. The third-order valence-electron chi connectivity index (χ3n) is 4.65. The van der Waals surface area contributed by atoms with Crippen molar-refractivity contribution in [1.29, 1.82) is 0 Å². The lowest BCUT2D eigenvalue weighted by atomic mass is 9.91. The van der Waals surface area contributed by atoms with E-state index >= 15 is 0 Å². The summed E-state index contributed by atoms with van der Waals surface area (Å²) < 4.78 is 5.57. The molecule has 30 heavy (non-hydrogen) atoms. The molecule has 0 bridgehead atoms. The van der Waals surface area contributed by atoms with Gasteiger partial charge in [0.1, 0.15) is 5.92 Å². The Labute approximate surface area is 175 Å². The van der Waals surface area contributed by atoms with Crippen LogP contribution in [0.2, 0.25) is 0 Å². The molecule has 0 heterocycles. The highest BCUT2D eigenvalue weighted by atomic mass is 16.5. The Bertz CT molecular complexity index is 975. The predicted octanol–water partition coefficient (Wildman–Crippen LogP) is 4.59. The molecule has 0 saturated carbocycles. The van der Waals surface area contributed by atoms with E-state index < -0.39 is 18.0 Å². The number of Topliss-reactive ketones (excluding diaryl/α,β-unsaturated/α-hetero) is 1. The van der Waals surface area contributed by atoms with Crippen molar-refractivity contribution < 1.29 is 19.1 Å². The molecule has 0 unspecified atom stereocenters. The van der Waals surface area contributed by atoms with Crippen molar-refractivity contribution in [2.75, 3.05) is 5.32 Å².